The number of β-lactam (4-membered cyclic amide) rings is 1. The Morgan fingerprint density at radius 1 is 1.39 bits per heavy atom. The minimum atomic E-state index is -1.61. The molecule has 0 aliphatic carbocycles. The second-order valence-corrected chi connectivity index (χ2v) is 6.93. The van der Waals surface area contributed by atoms with E-state index in [0.717, 1.165) is 23.8 Å². The highest BCUT2D eigenvalue weighted by Gasteiger charge is 2.53. The lowest BCUT2D eigenvalue weighted by molar-refractivity contribution is -0.301. The highest BCUT2D eigenvalue weighted by molar-refractivity contribution is 8.00. The molecule has 1 fully saturated rings. The van der Waals surface area contributed by atoms with Gasteiger partial charge in [-0.1, -0.05) is 5.16 Å². The molecule has 1 N–H and O–H groups in total. The van der Waals surface area contributed by atoms with Crippen molar-refractivity contribution in [1.82, 2.24) is 10.2 Å². The first-order valence-corrected chi connectivity index (χ1v) is 9.33. The van der Waals surface area contributed by atoms with Crippen LogP contribution in [-0.4, -0.2) is 76.9 Å². The van der Waals surface area contributed by atoms with Crippen LogP contribution in [0, 0.1) is 0 Å². The number of nitrogens with one attached hydrogen (secondary N) is 1. The highest BCUT2D eigenvalue weighted by atomic mass is 35.5. The van der Waals surface area contributed by atoms with E-state index < -0.39 is 58.2 Å². The molecule has 2 aliphatic rings. The molecule has 2 amide bonds. The smallest absolute Gasteiger partial charge is 0.302 e. The van der Waals surface area contributed by atoms with Crippen LogP contribution in [0.25, 0.3) is 0 Å². The number of Topliss-reactive ketones (excluding diaryl/α,β-unsaturated/α-hetero) is 1. The molecular weight excluding hydrogens is 418 g/mol. The Balaban J connectivity index is 2.18. The summed E-state index contributed by atoms with van der Waals surface area (Å²) in [6, 6.07) is -1.09. The molecular formula is C15H15ClN3O8S-. The van der Waals surface area contributed by atoms with Crippen LogP contribution in [0.5, 0.6) is 0 Å². The van der Waals surface area contributed by atoms with Gasteiger partial charge in [-0.15, -0.1) is 23.4 Å². The number of nitrogens with zero attached hydrogens (tertiary/aromatic N) is 2. The van der Waals surface area contributed by atoms with E-state index in [4.69, 9.17) is 16.3 Å². The van der Waals surface area contributed by atoms with Crippen molar-refractivity contribution in [2.24, 2.45) is 5.16 Å². The average molecular weight is 433 g/mol. The van der Waals surface area contributed by atoms with Crippen molar-refractivity contribution in [2.75, 3.05) is 25.3 Å². The van der Waals surface area contributed by atoms with E-state index in [1.165, 1.54) is 6.92 Å². The number of hydrogen-bond donors (Lipinski definition) is 1. The first kappa shape index (κ1) is 21.7. The molecule has 13 heteroatoms. The van der Waals surface area contributed by atoms with Gasteiger partial charge in [0.05, 0.1) is 17.5 Å². The number of carboxylic acid groups (broad SMARTS) is 1. The zero-order valence-corrected chi connectivity index (χ0v) is 16.3. The summed E-state index contributed by atoms with van der Waals surface area (Å²) >= 11 is 6.57. The Morgan fingerprint density at radius 3 is 2.61 bits per heavy atom. The van der Waals surface area contributed by atoms with Crippen LogP contribution in [0.2, 0.25) is 0 Å². The van der Waals surface area contributed by atoms with Gasteiger partial charge in [0.2, 0.25) is 11.5 Å². The molecule has 28 heavy (non-hydrogen) atoms. The highest BCUT2D eigenvalue weighted by Crippen LogP contribution is 2.40. The van der Waals surface area contributed by atoms with Crippen LogP contribution in [0.3, 0.4) is 0 Å². The average Bonchev–Trinajstić information content (AvgIpc) is 2.66. The van der Waals surface area contributed by atoms with Crippen LogP contribution < -0.4 is 10.4 Å². The molecule has 1 saturated heterocycles. The minimum Gasteiger partial charge on any atom is -0.543 e. The van der Waals surface area contributed by atoms with Gasteiger partial charge >= 0.3 is 5.97 Å². The summed E-state index contributed by atoms with van der Waals surface area (Å²) in [6.45, 7) is 0.869. The van der Waals surface area contributed by atoms with Crippen molar-refractivity contribution < 1.29 is 38.7 Å². The van der Waals surface area contributed by atoms with Gasteiger partial charge in [-0.25, -0.2) is 0 Å². The molecule has 0 aromatic carbocycles. The SMILES string of the molecule is CO/N=C(/C(=O)CCl)C(=O)N[C@@H]1C(=O)N2C(C(=O)[O-])=C(COC(C)=O)CSC12. The number of carbonyl (C=O) groups is 5. The van der Waals surface area contributed by atoms with Crippen molar-refractivity contribution in [2.45, 2.75) is 18.3 Å². The summed E-state index contributed by atoms with van der Waals surface area (Å²) in [5.41, 5.74) is -0.813. The third kappa shape index (κ3) is 4.28. The molecule has 1 unspecified atom stereocenters. The van der Waals surface area contributed by atoms with Crippen LogP contribution >= 0.6 is 23.4 Å². The molecule has 0 spiro atoms. The van der Waals surface area contributed by atoms with Crippen molar-refractivity contribution >= 4 is 58.6 Å². The van der Waals surface area contributed by atoms with Crippen LogP contribution in [0.15, 0.2) is 16.4 Å². The van der Waals surface area contributed by atoms with E-state index in [9.17, 15) is 29.1 Å². The zero-order chi connectivity index (χ0) is 21.0. The van der Waals surface area contributed by atoms with Crippen molar-refractivity contribution in [3.63, 3.8) is 0 Å². The third-order valence-electron chi connectivity index (χ3n) is 3.76. The lowest BCUT2D eigenvalue weighted by Crippen LogP contribution is -2.71. The van der Waals surface area contributed by atoms with Gasteiger partial charge in [-0.2, -0.15) is 0 Å². The zero-order valence-electron chi connectivity index (χ0n) is 14.7. The second kappa shape index (κ2) is 9.06. The maximum absolute atomic E-state index is 12.4. The fraction of sp³-hybridized carbons (Fsp3) is 0.467. The Bertz CT molecular complexity index is 796. The van der Waals surface area contributed by atoms with Crippen molar-refractivity contribution in [3.8, 4) is 0 Å². The molecule has 11 nitrogen and oxygen atoms in total. The number of rotatable bonds is 8. The maximum Gasteiger partial charge on any atom is 0.302 e. The molecule has 0 aromatic rings. The van der Waals surface area contributed by atoms with Crippen molar-refractivity contribution in [1.29, 1.82) is 0 Å². The van der Waals surface area contributed by atoms with Gasteiger partial charge in [0.15, 0.2) is 0 Å². The van der Waals surface area contributed by atoms with Crippen LogP contribution in [0.4, 0.5) is 0 Å². The topological polar surface area (TPSA) is 154 Å². The normalized spacial score (nSPS) is 21.5. The molecule has 2 atom stereocenters. The van der Waals surface area contributed by atoms with Gasteiger partial charge in [-0.3, -0.25) is 24.1 Å². The fourth-order valence-corrected chi connectivity index (χ4v) is 4.01. The lowest BCUT2D eigenvalue weighted by atomic mass is 10.0. The van der Waals surface area contributed by atoms with Crippen molar-refractivity contribution in [3.05, 3.63) is 11.3 Å². The number of oxime groups is 1. The third-order valence-corrected chi connectivity index (χ3v) is 5.34. The number of aliphatic carboxylic acids is 1. The van der Waals surface area contributed by atoms with E-state index in [1.54, 1.807) is 0 Å². The molecule has 2 rings (SSSR count). The number of esters is 1. The summed E-state index contributed by atoms with van der Waals surface area (Å²) in [6.07, 6.45) is 0. The van der Waals surface area contributed by atoms with Gasteiger partial charge in [-0.05, 0) is 0 Å². The summed E-state index contributed by atoms with van der Waals surface area (Å²) in [5, 5.41) is 16.4. The van der Waals surface area contributed by atoms with E-state index in [1.807, 2.05) is 0 Å². The predicted molar refractivity (Wildman–Crippen MR) is 93.9 cm³/mol. The number of ether oxygens (including phenoxy) is 1. The first-order valence-electron chi connectivity index (χ1n) is 7.75. The number of amides is 2. The number of alkyl halides is 1. The molecule has 0 radical (unpaired) electrons. The van der Waals surface area contributed by atoms with E-state index in [-0.39, 0.29) is 17.9 Å². The first-order chi connectivity index (χ1) is 13.2. The molecule has 2 heterocycles. The van der Waals surface area contributed by atoms with E-state index >= 15 is 0 Å². The van der Waals surface area contributed by atoms with Gasteiger partial charge < -0.3 is 24.8 Å². The maximum atomic E-state index is 12.4. The number of fused-ring (bicyclic) bond motifs is 1. The Morgan fingerprint density at radius 2 is 2.07 bits per heavy atom. The van der Waals surface area contributed by atoms with E-state index in [2.05, 4.69) is 15.3 Å². The summed E-state index contributed by atoms with van der Waals surface area (Å²) in [7, 11) is 1.13. The van der Waals surface area contributed by atoms with Gasteiger partial charge in [0.25, 0.3) is 11.8 Å². The molecule has 152 valence electrons. The molecule has 0 aromatic heterocycles. The largest absolute Gasteiger partial charge is 0.543 e. The van der Waals surface area contributed by atoms with Crippen LogP contribution in [-0.2, 0) is 33.5 Å². The standard InChI is InChI=1S/C15H16ClN3O8S/c1-6(20)27-4-7-5-28-14-10(13(23)19(14)11(7)15(24)25)17-12(22)9(18-26-2)8(21)3-16/h10,14H,3-5H2,1-2H3,(H,17,22)(H,24,25)/p-1/b18-9-/t10-,14?/m1/s1. The quantitative estimate of drug-likeness (QED) is 0.112. The van der Waals surface area contributed by atoms with Gasteiger partial charge in [0.1, 0.15) is 25.1 Å². The predicted octanol–water partition coefficient (Wildman–Crippen LogP) is -2.24. The lowest BCUT2D eigenvalue weighted by Gasteiger charge is -2.50. The monoisotopic (exact) mass is 432 g/mol. The summed E-state index contributed by atoms with van der Waals surface area (Å²) in [4.78, 5) is 64.2. The second-order valence-electron chi connectivity index (χ2n) is 5.56. The number of thioether (sulfide) groups is 1. The molecule has 2 aliphatic heterocycles. The Hall–Kier alpha value is -2.60. The number of carboxylic acids is 1. The summed E-state index contributed by atoms with van der Waals surface area (Å²) in [5.74, 6) is -5.10. The Labute approximate surface area is 168 Å². The molecule has 0 saturated carbocycles. The van der Waals surface area contributed by atoms with Crippen LogP contribution in [0.1, 0.15) is 6.92 Å². The number of hydrogen-bond acceptors (Lipinski definition) is 10. The van der Waals surface area contributed by atoms with Gasteiger partial charge in [0, 0.05) is 18.2 Å². The van der Waals surface area contributed by atoms with E-state index in [0.29, 0.717) is 0 Å². The fourth-order valence-electron chi connectivity index (χ4n) is 2.55. The Kier molecular flexibility index (Phi) is 7.02. The number of halogens is 1. The molecule has 0 bridgehead atoms. The summed E-state index contributed by atoms with van der Waals surface area (Å²) < 4.78 is 4.80. The minimum absolute atomic E-state index is 0.136. The number of ketones is 1. The number of carbonyl (C=O) groups excluding carboxylic acids is 5.